The number of nitrogens with zero attached hydrogens (tertiary/aromatic N) is 4. The van der Waals surface area contributed by atoms with E-state index >= 15 is 0 Å². The molecule has 0 radical (unpaired) electrons. The van der Waals surface area contributed by atoms with Crippen LogP contribution in [-0.2, 0) is 10.0 Å². The van der Waals surface area contributed by atoms with Gasteiger partial charge >= 0.3 is 0 Å². The van der Waals surface area contributed by atoms with Gasteiger partial charge in [0.25, 0.3) is 0 Å². The zero-order valence-electron chi connectivity index (χ0n) is 14.0. The Labute approximate surface area is 142 Å². The first-order chi connectivity index (χ1) is 11.4. The molecular weight excluding hydrogens is 326 g/mol. The van der Waals surface area contributed by atoms with Crippen molar-refractivity contribution in [3.05, 3.63) is 41.5 Å². The highest BCUT2D eigenvalue weighted by molar-refractivity contribution is 7.89. The molecule has 7 nitrogen and oxygen atoms in total. The fourth-order valence-corrected chi connectivity index (χ4v) is 4.04. The molecule has 0 spiro atoms. The number of nitrogens with one attached hydrogen (secondary N) is 1. The fourth-order valence-electron chi connectivity index (χ4n) is 2.72. The molecule has 2 aromatic rings. The number of sulfonamides is 1. The van der Waals surface area contributed by atoms with Crippen molar-refractivity contribution in [2.75, 3.05) is 17.6 Å². The van der Waals surface area contributed by atoms with Crippen LogP contribution >= 0.6 is 0 Å². The number of pyridine rings is 1. The molecule has 3 rings (SSSR count). The second-order valence-corrected chi connectivity index (χ2v) is 8.05. The quantitative estimate of drug-likeness (QED) is 0.893. The third kappa shape index (κ3) is 3.25. The topological polar surface area (TPSA) is 88.1 Å². The summed E-state index contributed by atoms with van der Waals surface area (Å²) < 4.78 is 25.8. The second kappa shape index (κ2) is 6.45. The van der Waals surface area contributed by atoms with Crippen LogP contribution in [0.5, 0.6) is 0 Å². The molecule has 0 aromatic carbocycles. The van der Waals surface area contributed by atoms with Gasteiger partial charge in [0.15, 0.2) is 0 Å². The van der Waals surface area contributed by atoms with Crippen LogP contribution < -0.4 is 5.32 Å². The molecule has 1 atom stereocenters. The van der Waals surface area contributed by atoms with Gasteiger partial charge < -0.3 is 5.32 Å². The summed E-state index contributed by atoms with van der Waals surface area (Å²) in [6, 6.07) is 5.44. The highest BCUT2D eigenvalue weighted by Crippen LogP contribution is 2.35. The number of aromatic nitrogens is 3. The van der Waals surface area contributed by atoms with Gasteiger partial charge in [-0.25, -0.2) is 23.4 Å². The minimum absolute atomic E-state index is 0.103. The lowest BCUT2D eigenvalue weighted by Gasteiger charge is -2.39. The summed E-state index contributed by atoms with van der Waals surface area (Å²) in [7, 11) is -3.21. The first-order valence-corrected chi connectivity index (χ1v) is 9.55. The largest absolute Gasteiger partial charge is 0.325 e. The lowest BCUT2D eigenvalue weighted by molar-refractivity contribution is 0.197. The summed E-state index contributed by atoms with van der Waals surface area (Å²) in [5.74, 6) is 2.06. The van der Waals surface area contributed by atoms with E-state index in [1.165, 1.54) is 4.31 Å². The third-order valence-corrected chi connectivity index (χ3v) is 6.03. The van der Waals surface area contributed by atoms with Crippen LogP contribution in [-0.4, -0.2) is 40.0 Å². The van der Waals surface area contributed by atoms with Gasteiger partial charge in [0.05, 0.1) is 17.5 Å². The van der Waals surface area contributed by atoms with E-state index in [1.54, 1.807) is 20.0 Å². The number of aryl methyl sites for hydroxylation is 2. The van der Waals surface area contributed by atoms with Crippen molar-refractivity contribution >= 4 is 21.7 Å². The minimum atomic E-state index is -3.21. The van der Waals surface area contributed by atoms with Crippen LogP contribution in [0.2, 0.25) is 0 Å². The van der Waals surface area contributed by atoms with Crippen molar-refractivity contribution < 1.29 is 8.42 Å². The molecule has 0 amide bonds. The van der Waals surface area contributed by atoms with E-state index < -0.39 is 10.0 Å². The standard InChI is InChI=1S/C16H21N5O2S/c1-4-24(22,23)21-9-7-14(21)13-10-15(19-12(3)18-13)20-16-11(2)6-5-8-17-16/h5-6,8,10,14H,4,7,9H2,1-3H3,(H,17,18,19,20). The molecule has 1 unspecified atom stereocenters. The first-order valence-electron chi connectivity index (χ1n) is 7.94. The van der Waals surface area contributed by atoms with Gasteiger partial charge in [0, 0.05) is 18.8 Å². The molecule has 1 N–H and O–H groups in total. The maximum absolute atomic E-state index is 12.1. The van der Waals surface area contributed by atoms with Gasteiger partial charge in [-0.15, -0.1) is 0 Å². The molecule has 24 heavy (non-hydrogen) atoms. The van der Waals surface area contributed by atoms with E-state index in [1.807, 2.05) is 25.1 Å². The van der Waals surface area contributed by atoms with Crippen LogP contribution in [0, 0.1) is 13.8 Å². The number of hydrogen-bond donors (Lipinski definition) is 1. The van der Waals surface area contributed by atoms with Crippen molar-refractivity contribution in [2.45, 2.75) is 33.2 Å². The zero-order valence-corrected chi connectivity index (χ0v) is 14.8. The lowest BCUT2D eigenvalue weighted by atomic mass is 10.0. The van der Waals surface area contributed by atoms with Crippen LogP contribution in [0.3, 0.4) is 0 Å². The third-order valence-electron chi connectivity index (χ3n) is 4.15. The Morgan fingerprint density at radius 2 is 2.12 bits per heavy atom. The van der Waals surface area contributed by atoms with Gasteiger partial charge in [-0.1, -0.05) is 6.07 Å². The van der Waals surface area contributed by atoms with Crippen LogP contribution in [0.1, 0.15) is 36.5 Å². The molecule has 128 valence electrons. The molecule has 8 heteroatoms. The van der Waals surface area contributed by atoms with E-state index in [0.717, 1.165) is 23.5 Å². The summed E-state index contributed by atoms with van der Waals surface area (Å²) in [5.41, 5.74) is 1.73. The van der Waals surface area contributed by atoms with Crippen LogP contribution in [0.4, 0.5) is 11.6 Å². The Morgan fingerprint density at radius 1 is 1.33 bits per heavy atom. The predicted octanol–water partition coefficient (Wildman–Crippen LogP) is 2.33. The van der Waals surface area contributed by atoms with Gasteiger partial charge in [-0.2, -0.15) is 4.31 Å². The van der Waals surface area contributed by atoms with Gasteiger partial charge in [-0.3, -0.25) is 0 Å². The minimum Gasteiger partial charge on any atom is -0.325 e. The van der Waals surface area contributed by atoms with E-state index in [2.05, 4.69) is 20.3 Å². The van der Waals surface area contributed by atoms with Crippen molar-refractivity contribution in [1.29, 1.82) is 0 Å². The summed E-state index contributed by atoms with van der Waals surface area (Å²) in [5, 5.41) is 3.19. The highest BCUT2D eigenvalue weighted by Gasteiger charge is 2.38. The van der Waals surface area contributed by atoms with Gasteiger partial charge in [0.2, 0.25) is 10.0 Å². The summed E-state index contributed by atoms with van der Waals surface area (Å²) >= 11 is 0. The molecule has 0 saturated carbocycles. The molecule has 1 saturated heterocycles. The molecule has 2 aromatic heterocycles. The molecule has 1 fully saturated rings. The van der Waals surface area contributed by atoms with Crippen LogP contribution in [0.25, 0.3) is 0 Å². The monoisotopic (exact) mass is 347 g/mol. The number of anilines is 2. The summed E-state index contributed by atoms with van der Waals surface area (Å²) in [6.07, 6.45) is 2.49. The van der Waals surface area contributed by atoms with Crippen LogP contribution in [0.15, 0.2) is 24.4 Å². The van der Waals surface area contributed by atoms with E-state index in [4.69, 9.17) is 0 Å². The summed E-state index contributed by atoms with van der Waals surface area (Å²) in [6.45, 7) is 5.97. The predicted molar refractivity (Wildman–Crippen MR) is 92.6 cm³/mol. The average Bonchev–Trinajstić information content (AvgIpc) is 2.47. The van der Waals surface area contributed by atoms with Gasteiger partial charge in [-0.05, 0) is 38.8 Å². The van der Waals surface area contributed by atoms with Crippen molar-refractivity contribution in [2.24, 2.45) is 0 Å². The van der Waals surface area contributed by atoms with E-state index in [0.29, 0.717) is 18.2 Å². The second-order valence-electron chi connectivity index (χ2n) is 5.83. The molecule has 3 heterocycles. The number of rotatable bonds is 5. The Morgan fingerprint density at radius 3 is 2.75 bits per heavy atom. The van der Waals surface area contributed by atoms with E-state index in [-0.39, 0.29) is 11.8 Å². The average molecular weight is 347 g/mol. The maximum Gasteiger partial charge on any atom is 0.214 e. The van der Waals surface area contributed by atoms with Gasteiger partial charge in [0.1, 0.15) is 17.5 Å². The molecule has 0 aliphatic carbocycles. The maximum atomic E-state index is 12.1. The highest BCUT2D eigenvalue weighted by atomic mass is 32.2. The summed E-state index contributed by atoms with van der Waals surface area (Å²) in [4.78, 5) is 13.1. The fraction of sp³-hybridized carbons (Fsp3) is 0.438. The molecule has 1 aliphatic rings. The first kappa shape index (κ1) is 16.8. The van der Waals surface area contributed by atoms with E-state index in [9.17, 15) is 8.42 Å². The Bertz CT molecular complexity index is 853. The zero-order chi connectivity index (χ0) is 17.3. The Kier molecular flexibility index (Phi) is 4.51. The molecular formula is C16H21N5O2S. The smallest absolute Gasteiger partial charge is 0.214 e. The van der Waals surface area contributed by atoms with Crippen molar-refractivity contribution in [3.8, 4) is 0 Å². The van der Waals surface area contributed by atoms with Crippen molar-refractivity contribution in [1.82, 2.24) is 19.3 Å². The SMILES string of the molecule is CCS(=O)(=O)N1CCC1c1cc(Nc2ncccc2C)nc(C)n1. The molecule has 0 bridgehead atoms. The number of hydrogen-bond acceptors (Lipinski definition) is 6. The normalized spacial score (nSPS) is 18.2. The Balaban J connectivity index is 1.89. The Hall–Kier alpha value is -2.06. The molecule has 1 aliphatic heterocycles. The van der Waals surface area contributed by atoms with Crippen molar-refractivity contribution in [3.63, 3.8) is 0 Å². The lowest BCUT2D eigenvalue weighted by Crippen LogP contribution is -2.46.